The smallest absolute Gasteiger partial charge is 0.408 e. The van der Waals surface area contributed by atoms with Crippen LogP contribution < -0.4 is 15.4 Å². The Morgan fingerprint density at radius 2 is 1.59 bits per heavy atom. The van der Waals surface area contributed by atoms with Crippen molar-refractivity contribution >= 4 is 23.6 Å². The fourth-order valence-electron chi connectivity index (χ4n) is 4.87. The number of anilines is 1. The fraction of sp³-hybridized carbons (Fsp3) is 0.400. The van der Waals surface area contributed by atoms with Crippen LogP contribution >= 0.6 is 0 Å². The van der Waals surface area contributed by atoms with Gasteiger partial charge < -0.3 is 30.1 Å². The van der Waals surface area contributed by atoms with Crippen LogP contribution in [0.3, 0.4) is 0 Å². The van der Waals surface area contributed by atoms with E-state index < -0.39 is 35.6 Å². The van der Waals surface area contributed by atoms with Crippen molar-refractivity contribution in [1.82, 2.24) is 10.2 Å². The van der Waals surface area contributed by atoms with Gasteiger partial charge in [0, 0.05) is 18.2 Å². The molecule has 0 saturated carbocycles. The number of carbonyl (C=O) groups is 3. The molecular formula is C35H45N3O6. The van der Waals surface area contributed by atoms with Crippen LogP contribution in [-0.2, 0) is 20.7 Å². The van der Waals surface area contributed by atoms with Crippen molar-refractivity contribution in [3.05, 3.63) is 89.0 Å². The van der Waals surface area contributed by atoms with Gasteiger partial charge in [-0.25, -0.2) is 4.79 Å². The highest BCUT2D eigenvalue weighted by Crippen LogP contribution is 2.31. The SMILES string of the molecule is CCC(C)N(C(=O)C(Cc1ccc(O)cc1)NC(=O)OC(C)(C)C)C(C(=O)Nc1ccc(OC)cc1)c1cccc(C)c1C. The number of rotatable bonds is 11. The molecule has 0 fully saturated rings. The molecule has 3 amide bonds. The van der Waals surface area contributed by atoms with Crippen molar-refractivity contribution in [2.24, 2.45) is 0 Å². The predicted octanol–water partition coefficient (Wildman–Crippen LogP) is 6.46. The zero-order valence-electron chi connectivity index (χ0n) is 26.9. The van der Waals surface area contributed by atoms with Crippen LogP contribution in [0.2, 0.25) is 0 Å². The van der Waals surface area contributed by atoms with E-state index in [4.69, 9.17) is 9.47 Å². The van der Waals surface area contributed by atoms with Crippen molar-refractivity contribution in [3.63, 3.8) is 0 Å². The first kappa shape index (κ1) is 34.0. The van der Waals surface area contributed by atoms with E-state index in [1.807, 2.05) is 45.9 Å². The third kappa shape index (κ3) is 8.99. The minimum absolute atomic E-state index is 0.0862. The lowest BCUT2D eigenvalue weighted by Crippen LogP contribution is -2.55. The Labute approximate surface area is 260 Å². The average Bonchev–Trinajstić information content (AvgIpc) is 2.97. The van der Waals surface area contributed by atoms with Gasteiger partial charge in [0.2, 0.25) is 5.91 Å². The summed E-state index contributed by atoms with van der Waals surface area (Å²) in [6.07, 6.45) is -0.0728. The number of phenolic OH excluding ortho intramolecular Hbond substituents is 1. The molecule has 44 heavy (non-hydrogen) atoms. The molecule has 0 spiro atoms. The van der Waals surface area contributed by atoms with Gasteiger partial charge in [-0.15, -0.1) is 0 Å². The number of nitrogens with one attached hydrogen (secondary N) is 2. The molecule has 9 heteroatoms. The van der Waals surface area contributed by atoms with Gasteiger partial charge in [-0.05, 0) is 107 Å². The van der Waals surface area contributed by atoms with Crippen LogP contribution in [-0.4, -0.2) is 52.7 Å². The highest BCUT2D eigenvalue weighted by molar-refractivity contribution is 5.99. The number of carbonyl (C=O) groups excluding carboxylic acids is 3. The second-order valence-corrected chi connectivity index (χ2v) is 12.0. The minimum atomic E-state index is -1.07. The molecule has 0 aliphatic carbocycles. The minimum Gasteiger partial charge on any atom is -0.508 e. The molecule has 236 valence electrons. The van der Waals surface area contributed by atoms with Crippen LogP contribution in [0.5, 0.6) is 11.5 Å². The first-order valence-corrected chi connectivity index (χ1v) is 14.8. The number of aryl methyl sites for hydroxylation is 1. The second kappa shape index (κ2) is 14.8. The molecule has 3 N–H and O–H groups in total. The van der Waals surface area contributed by atoms with E-state index in [1.165, 1.54) is 12.1 Å². The topological polar surface area (TPSA) is 117 Å². The highest BCUT2D eigenvalue weighted by Gasteiger charge is 2.39. The van der Waals surface area contributed by atoms with Gasteiger partial charge in [0.05, 0.1) is 7.11 Å². The number of aromatic hydroxyl groups is 1. The number of methoxy groups -OCH3 is 1. The second-order valence-electron chi connectivity index (χ2n) is 12.0. The van der Waals surface area contributed by atoms with Crippen molar-refractivity contribution in [2.45, 2.75) is 85.0 Å². The Morgan fingerprint density at radius 1 is 0.955 bits per heavy atom. The molecule has 0 heterocycles. The van der Waals surface area contributed by atoms with Crippen LogP contribution in [0, 0.1) is 13.8 Å². The van der Waals surface area contributed by atoms with Crippen LogP contribution in [0.4, 0.5) is 10.5 Å². The first-order chi connectivity index (χ1) is 20.7. The van der Waals surface area contributed by atoms with Crippen molar-refractivity contribution in [3.8, 4) is 11.5 Å². The monoisotopic (exact) mass is 603 g/mol. The predicted molar refractivity (Wildman–Crippen MR) is 172 cm³/mol. The van der Waals surface area contributed by atoms with E-state index in [0.29, 0.717) is 29.0 Å². The van der Waals surface area contributed by atoms with Crippen molar-refractivity contribution in [1.29, 1.82) is 0 Å². The Morgan fingerprint density at radius 3 is 2.16 bits per heavy atom. The number of nitrogens with zero attached hydrogens (tertiary/aromatic N) is 1. The van der Waals surface area contributed by atoms with Gasteiger partial charge in [-0.3, -0.25) is 9.59 Å². The quantitative estimate of drug-likeness (QED) is 0.232. The summed E-state index contributed by atoms with van der Waals surface area (Å²) in [5.41, 5.74) is 3.03. The number of alkyl carbamates (subject to hydrolysis) is 1. The summed E-state index contributed by atoms with van der Waals surface area (Å²) in [6, 6.07) is 16.7. The Hall–Kier alpha value is -4.53. The van der Waals surface area contributed by atoms with E-state index in [9.17, 15) is 19.5 Å². The maximum Gasteiger partial charge on any atom is 0.408 e. The third-order valence-corrected chi connectivity index (χ3v) is 7.51. The molecule has 0 aliphatic rings. The lowest BCUT2D eigenvalue weighted by atomic mass is 9.93. The van der Waals surface area contributed by atoms with E-state index in [2.05, 4.69) is 10.6 Å². The maximum absolute atomic E-state index is 14.7. The first-order valence-electron chi connectivity index (χ1n) is 14.8. The zero-order chi connectivity index (χ0) is 32.6. The van der Waals surface area contributed by atoms with Gasteiger partial charge in [0.1, 0.15) is 29.2 Å². The third-order valence-electron chi connectivity index (χ3n) is 7.51. The number of hydrogen-bond acceptors (Lipinski definition) is 6. The molecule has 0 saturated heterocycles. The largest absolute Gasteiger partial charge is 0.508 e. The molecule has 3 rings (SSSR count). The normalized spacial score (nSPS) is 13.3. The van der Waals surface area contributed by atoms with E-state index >= 15 is 0 Å². The summed E-state index contributed by atoms with van der Waals surface area (Å²) < 4.78 is 10.8. The fourth-order valence-corrected chi connectivity index (χ4v) is 4.87. The summed E-state index contributed by atoms with van der Waals surface area (Å²) in [5.74, 6) is -0.0915. The molecule has 3 unspecified atom stereocenters. The summed E-state index contributed by atoms with van der Waals surface area (Å²) in [5, 5.41) is 15.6. The number of hydrogen-bond donors (Lipinski definition) is 3. The van der Waals surface area contributed by atoms with E-state index in [-0.39, 0.29) is 18.2 Å². The van der Waals surface area contributed by atoms with Gasteiger partial charge in [0.25, 0.3) is 5.91 Å². The summed E-state index contributed by atoms with van der Waals surface area (Å²) >= 11 is 0. The number of amides is 3. The molecule has 0 aliphatic heterocycles. The summed E-state index contributed by atoms with van der Waals surface area (Å²) in [4.78, 5) is 43.5. The molecule has 0 aromatic heterocycles. The Kier molecular flexibility index (Phi) is 11.4. The van der Waals surface area contributed by atoms with E-state index in [0.717, 1.165) is 11.1 Å². The van der Waals surface area contributed by atoms with Gasteiger partial charge in [-0.2, -0.15) is 0 Å². The number of benzene rings is 3. The molecule has 0 bridgehead atoms. The summed E-state index contributed by atoms with van der Waals surface area (Å²) in [6.45, 7) is 13.0. The van der Waals surface area contributed by atoms with Crippen LogP contribution in [0.15, 0.2) is 66.7 Å². The number of phenols is 1. The van der Waals surface area contributed by atoms with Gasteiger partial charge >= 0.3 is 6.09 Å². The van der Waals surface area contributed by atoms with Crippen LogP contribution in [0.25, 0.3) is 0 Å². The summed E-state index contributed by atoms with van der Waals surface area (Å²) in [7, 11) is 1.57. The standard InChI is InChI=1S/C35H45N3O6/c1-9-23(3)38(33(41)30(37-34(42)44-35(5,6)7)21-25-13-17-27(39)18-14-25)31(29-12-10-11-22(2)24(29)4)32(40)36-26-15-19-28(43-8)20-16-26/h10-20,23,30-31,39H,9,21H2,1-8H3,(H,36,40)(H,37,42). The lowest BCUT2D eigenvalue weighted by Gasteiger charge is -2.39. The average molecular weight is 604 g/mol. The molecule has 3 aromatic carbocycles. The Bertz CT molecular complexity index is 1430. The van der Waals surface area contributed by atoms with Crippen LogP contribution in [0.1, 0.15) is 69.3 Å². The molecular weight excluding hydrogens is 558 g/mol. The number of ether oxygens (including phenoxy) is 2. The lowest BCUT2D eigenvalue weighted by molar-refractivity contribution is -0.143. The maximum atomic E-state index is 14.7. The van der Waals surface area contributed by atoms with Crippen molar-refractivity contribution < 1.29 is 29.0 Å². The highest BCUT2D eigenvalue weighted by atomic mass is 16.6. The Balaban J connectivity index is 2.12. The van der Waals surface area contributed by atoms with Crippen molar-refractivity contribution in [2.75, 3.05) is 12.4 Å². The van der Waals surface area contributed by atoms with Gasteiger partial charge in [-0.1, -0.05) is 37.3 Å². The van der Waals surface area contributed by atoms with Gasteiger partial charge in [0.15, 0.2) is 0 Å². The molecule has 3 aromatic rings. The molecule has 9 nitrogen and oxygen atoms in total. The zero-order valence-corrected chi connectivity index (χ0v) is 26.9. The van der Waals surface area contributed by atoms with E-state index in [1.54, 1.807) is 69.2 Å². The molecule has 3 atom stereocenters. The molecule has 0 radical (unpaired) electrons.